The molecular weight excluding hydrogens is 274 g/mol. The Balaban J connectivity index is 2.06. The standard InChI is InChI=1S/C16H16ClNO2/c1-2-11-3-5-12(6-4-11)10-18-13-7-8-15(17)14(9-13)16(19)20/h3-9,18H,2,10H2,1H3,(H,19,20). The van der Waals surface area contributed by atoms with Crippen LogP contribution in [0.4, 0.5) is 5.69 Å². The lowest BCUT2D eigenvalue weighted by Crippen LogP contribution is -2.02. The molecule has 2 rings (SSSR count). The fourth-order valence-corrected chi connectivity index (χ4v) is 2.09. The van der Waals surface area contributed by atoms with Crippen LogP contribution in [0.25, 0.3) is 0 Å². The molecule has 2 aromatic carbocycles. The minimum atomic E-state index is -1.02. The average Bonchev–Trinajstić information content (AvgIpc) is 2.46. The molecule has 0 aliphatic heterocycles. The molecule has 0 amide bonds. The van der Waals surface area contributed by atoms with E-state index in [4.69, 9.17) is 16.7 Å². The fourth-order valence-electron chi connectivity index (χ4n) is 1.90. The van der Waals surface area contributed by atoms with Crippen molar-refractivity contribution in [1.82, 2.24) is 0 Å². The van der Waals surface area contributed by atoms with E-state index in [2.05, 4.69) is 36.5 Å². The van der Waals surface area contributed by atoms with Crippen LogP contribution in [0.15, 0.2) is 42.5 Å². The lowest BCUT2D eigenvalue weighted by atomic mass is 10.1. The topological polar surface area (TPSA) is 49.3 Å². The summed E-state index contributed by atoms with van der Waals surface area (Å²) in [5.74, 6) is -1.02. The third kappa shape index (κ3) is 3.52. The average molecular weight is 290 g/mol. The van der Waals surface area contributed by atoms with E-state index in [1.807, 2.05) is 0 Å². The maximum Gasteiger partial charge on any atom is 0.337 e. The first-order chi connectivity index (χ1) is 9.60. The van der Waals surface area contributed by atoms with Crippen LogP contribution in [-0.2, 0) is 13.0 Å². The van der Waals surface area contributed by atoms with Gasteiger partial charge in [-0.2, -0.15) is 0 Å². The summed E-state index contributed by atoms with van der Waals surface area (Å²) in [7, 11) is 0. The second-order valence-corrected chi connectivity index (χ2v) is 4.93. The highest BCUT2D eigenvalue weighted by Crippen LogP contribution is 2.21. The number of hydrogen-bond donors (Lipinski definition) is 2. The van der Waals surface area contributed by atoms with E-state index >= 15 is 0 Å². The van der Waals surface area contributed by atoms with Crippen LogP contribution in [0.1, 0.15) is 28.4 Å². The van der Waals surface area contributed by atoms with Crippen molar-refractivity contribution in [2.24, 2.45) is 0 Å². The fraction of sp³-hybridized carbons (Fsp3) is 0.188. The van der Waals surface area contributed by atoms with E-state index in [1.165, 1.54) is 5.56 Å². The summed E-state index contributed by atoms with van der Waals surface area (Å²) in [6.07, 6.45) is 1.02. The Morgan fingerprint density at radius 3 is 2.40 bits per heavy atom. The Bertz CT molecular complexity index is 608. The smallest absolute Gasteiger partial charge is 0.337 e. The van der Waals surface area contributed by atoms with Crippen molar-refractivity contribution in [3.05, 3.63) is 64.2 Å². The normalized spacial score (nSPS) is 10.3. The second-order valence-electron chi connectivity index (χ2n) is 4.52. The minimum absolute atomic E-state index is 0.109. The zero-order chi connectivity index (χ0) is 14.5. The molecule has 4 heteroatoms. The molecule has 0 aliphatic carbocycles. The van der Waals surface area contributed by atoms with E-state index < -0.39 is 5.97 Å². The third-order valence-electron chi connectivity index (χ3n) is 3.12. The predicted molar refractivity (Wildman–Crippen MR) is 81.6 cm³/mol. The number of nitrogens with one attached hydrogen (secondary N) is 1. The van der Waals surface area contributed by atoms with Gasteiger partial charge < -0.3 is 10.4 Å². The van der Waals surface area contributed by atoms with Gasteiger partial charge in [-0.05, 0) is 35.7 Å². The molecule has 0 unspecified atom stereocenters. The lowest BCUT2D eigenvalue weighted by molar-refractivity contribution is 0.0697. The van der Waals surface area contributed by atoms with Gasteiger partial charge in [-0.15, -0.1) is 0 Å². The van der Waals surface area contributed by atoms with E-state index in [0.717, 1.165) is 17.7 Å². The van der Waals surface area contributed by atoms with Gasteiger partial charge in [-0.1, -0.05) is 42.8 Å². The molecule has 0 saturated heterocycles. The molecule has 0 aromatic heterocycles. The van der Waals surface area contributed by atoms with Crippen molar-refractivity contribution in [2.75, 3.05) is 5.32 Å². The molecule has 0 atom stereocenters. The molecule has 0 radical (unpaired) electrons. The minimum Gasteiger partial charge on any atom is -0.478 e. The second kappa shape index (κ2) is 6.44. The molecule has 0 spiro atoms. The summed E-state index contributed by atoms with van der Waals surface area (Å²) < 4.78 is 0. The molecule has 0 fully saturated rings. The number of carbonyl (C=O) groups is 1. The summed E-state index contributed by atoms with van der Waals surface area (Å²) in [6, 6.07) is 13.2. The molecular formula is C16H16ClNO2. The zero-order valence-corrected chi connectivity index (χ0v) is 11.9. The van der Waals surface area contributed by atoms with Crippen molar-refractivity contribution in [1.29, 1.82) is 0 Å². The predicted octanol–water partition coefficient (Wildman–Crippen LogP) is 4.21. The van der Waals surface area contributed by atoms with Gasteiger partial charge in [0.2, 0.25) is 0 Å². The van der Waals surface area contributed by atoms with Gasteiger partial charge in [-0.25, -0.2) is 4.79 Å². The van der Waals surface area contributed by atoms with Crippen LogP contribution in [0.3, 0.4) is 0 Å². The van der Waals surface area contributed by atoms with Crippen molar-refractivity contribution in [3.63, 3.8) is 0 Å². The van der Waals surface area contributed by atoms with Crippen LogP contribution >= 0.6 is 11.6 Å². The number of carboxylic acid groups (broad SMARTS) is 1. The van der Waals surface area contributed by atoms with Gasteiger partial charge in [0.05, 0.1) is 10.6 Å². The molecule has 104 valence electrons. The van der Waals surface area contributed by atoms with Gasteiger partial charge in [0, 0.05) is 12.2 Å². The Kier molecular flexibility index (Phi) is 4.64. The maximum atomic E-state index is 11.0. The first-order valence-electron chi connectivity index (χ1n) is 6.44. The van der Waals surface area contributed by atoms with Crippen molar-refractivity contribution >= 4 is 23.3 Å². The van der Waals surface area contributed by atoms with Crippen molar-refractivity contribution in [3.8, 4) is 0 Å². The first kappa shape index (κ1) is 14.4. The maximum absolute atomic E-state index is 11.0. The van der Waals surface area contributed by atoms with Crippen LogP contribution in [0.5, 0.6) is 0 Å². The molecule has 0 aliphatic rings. The molecule has 0 bridgehead atoms. The van der Waals surface area contributed by atoms with Crippen molar-refractivity contribution < 1.29 is 9.90 Å². The molecule has 3 nitrogen and oxygen atoms in total. The molecule has 0 heterocycles. The summed E-state index contributed by atoms with van der Waals surface area (Å²) in [6.45, 7) is 2.76. The van der Waals surface area contributed by atoms with E-state index in [1.54, 1.807) is 18.2 Å². The molecule has 20 heavy (non-hydrogen) atoms. The number of anilines is 1. The summed E-state index contributed by atoms with van der Waals surface area (Å²) in [5, 5.41) is 12.5. The van der Waals surface area contributed by atoms with Gasteiger partial charge in [0.1, 0.15) is 0 Å². The number of hydrogen-bond acceptors (Lipinski definition) is 2. The zero-order valence-electron chi connectivity index (χ0n) is 11.2. The third-order valence-corrected chi connectivity index (χ3v) is 3.45. The number of benzene rings is 2. The van der Waals surface area contributed by atoms with Gasteiger partial charge in [-0.3, -0.25) is 0 Å². The van der Waals surface area contributed by atoms with E-state index in [-0.39, 0.29) is 10.6 Å². The number of aromatic carboxylic acids is 1. The summed E-state index contributed by atoms with van der Waals surface area (Å²) >= 11 is 5.83. The Hall–Kier alpha value is -2.00. The SMILES string of the molecule is CCc1ccc(CNc2ccc(Cl)c(C(=O)O)c2)cc1. The van der Waals surface area contributed by atoms with E-state index in [0.29, 0.717) is 6.54 Å². The number of aryl methyl sites for hydroxylation is 1. The Labute approximate surface area is 123 Å². The highest BCUT2D eigenvalue weighted by molar-refractivity contribution is 6.33. The van der Waals surface area contributed by atoms with Gasteiger partial charge in [0.25, 0.3) is 0 Å². The highest BCUT2D eigenvalue weighted by atomic mass is 35.5. The summed E-state index contributed by atoms with van der Waals surface area (Å²) in [5.41, 5.74) is 3.30. The largest absolute Gasteiger partial charge is 0.478 e. The monoisotopic (exact) mass is 289 g/mol. The highest BCUT2D eigenvalue weighted by Gasteiger charge is 2.09. The van der Waals surface area contributed by atoms with Gasteiger partial charge >= 0.3 is 5.97 Å². The number of halogens is 1. The molecule has 2 aromatic rings. The molecule has 0 saturated carbocycles. The van der Waals surface area contributed by atoms with Crippen LogP contribution < -0.4 is 5.32 Å². The Morgan fingerprint density at radius 2 is 1.80 bits per heavy atom. The number of carboxylic acids is 1. The summed E-state index contributed by atoms with van der Waals surface area (Å²) in [4.78, 5) is 11.0. The van der Waals surface area contributed by atoms with E-state index in [9.17, 15) is 4.79 Å². The van der Waals surface area contributed by atoms with Crippen LogP contribution in [0.2, 0.25) is 5.02 Å². The number of rotatable bonds is 5. The molecule has 2 N–H and O–H groups in total. The lowest BCUT2D eigenvalue weighted by Gasteiger charge is -2.09. The Morgan fingerprint density at radius 1 is 1.15 bits per heavy atom. The van der Waals surface area contributed by atoms with Crippen LogP contribution in [-0.4, -0.2) is 11.1 Å². The first-order valence-corrected chi connectivity index (χ1v) is 6.82. The van der Waals surface area contributed by atoms with Crippen LogP contribution in [0, 0.1) is 0 Å². The van der Waals surface area contributed by atoms with Crippen molar-refractivity contribution in [2.45, 2.75) is 19.9 Å². The van der Waals surface area contributed by atoms with Gasteiger partial charge in [0.15, 0.2) is 0 Å². The quantitative estimate of drug-likeness (QED) is 0.867.